The summed E-state index contributed by atoms with van der Waals surface area (Å²) >= 11 is 3.36. The Morgan fingerprint density at radius 1 is 1.23 bits per heavy atom. The summed E-state index contributed by atoms with van der Waals surface area (Å²) < 4.78 is 6.24. The van der Waals surface area contributed by atoms with Gasteiger partial charge in [0.15, 0.2) is 5.82 Å². The lowest BCUT2D eigenvalue weighted by atomic mass is 10.2. The molecule has 0 aliphatic rings. The van der Waals surface area contributed by atoms with Gasteiger partial charge < -0.3 is 15.2 Å². The highest BCUT2D eigenvalue weighted by Gasteiger charge is 2.12. The fraction of sp³-hybridized carbons (Fsp3) is 0.222. The SMILES string of the molecule is CC(C)c1noc(-c2ccnc(NCC(=O)Nc3ccc(Br)cc3)c2)n1. The lowest BCUT2D eigenvalue weighted by molar-refractivity contribution is -0.114. The van der Waals surface area contributed by atoms with E-state index in [2.05, 4.69) is 41.7 Å². The van der Waals surface area contributed by atoms with Gasteiger partial charge in [-0.05, 0) is 36.4 Å². The first-order valence-corrected chi connectivity index (χ1v) is 8.90. The largest absolute Gasteiger partial charge is 0.361 e. The van der Waals surface area contributed by atoms with E-state index >= 15 is 0 Å². The highest BCUT2D eigenvalue weighted by Crippen LogP contribution is 2.21. The first-order valence-electron chi connectivity index (χ1n) is 8.10. The minimum Gasteiger partial charge on any atom is -0.361 e. The maximum absolute atomic E-state index is 12.0. The number of hydrogen-bond acceptors (Lipinski definition) is 6. The summed E-state index contributed by atoms with van der Waals surface area (Å²) in [6, 6.07) is 10.9. The Labute approximate surface area is 159 Å². The van der Waals surface area contributed by atoms with Crippen molar-refractivity contribution in [3.05, 3.63) is 52.9 Å². The first-order chi connectivity index (χ1) is 12.5. The Bertz CT molecular complexity index is 893. The summed E-state index contributed by atoms with van der Waals surface area (Å²) in [5.74, 6) is 1.66. The van der Waals surface area contributed by atoms with Gasteiger partial charge >= 0.3 is 0 Å². The lowest BCUT2D eigenvalue weighted by Gasteiger charge is -2.08. The van der Waals surface area contributed by atoms with Gasteiger partial charge in [-0.3, -0.25) is 4.79 Å². The average Bonchev–Trinajstić information content (AvgIpc) is 3.13. The Morgan fingerprint density at radius 3 is 2.69 bits per heavy atom. The van der Waals surface area contributed by atoms with E-state index in [4.69, 9.17) is 4.52 Å². The zero-order valence-corrected chi connectivity index (χ0v) is 15.9. The molecule has 0 atom stereocenters. The highest BCUT2D eigenvalue weighted by atomic mass is 79.9. The number of nitrogens with one attached hydrogen (secondary N) is 2. The van der Waals surface area contributed by atoms with Crippen molar-refractivity contribution in [2.45, 2.75) is 19.8 Å². The number of aromatic nitrogens is 3. The van der Waals surface area contributed by atoms with Crippen LogP contribution in [0.15, 0.2) is 51.6 Å². The van der Waals surface area contributed by atoms with Crippen LogP contribution in [0.5, 0.6) is 0 Å². The molecule has 8 heteroatoms. The van der Waals surface area contributed by atoms with E-state index in [0.29, 0.717) is 17.5 Å². The minimum absolute atomic E-state index is 0.0909. The van der Waals surface area contributed by atoms with Gasteiger partial charge in [-0.2, -0.15) is 4.98 Å². The number of rotatable bonds is 6. The van der Waals surface area contributed by atoms with E-state index in [9.17, 15) is 4.79 Å². The van der Waals surface area contributed by atoms with Gasteiger partial charge in [-0.25, -0.2) is 4.98 Å². The van der Waals surface area contributed by atoms with Crippen LogP contribution in [0.3, 0.4) is 0 Å². The van der Waals surface area contributed by atoms with Crippen LogP contribution in [0.2, 0.25) is 0 Å². The summed E-state index contributed by atoms with van der Waals surface area (Å²) in [6.45, 7) is 4.09. The van der Waals surface area contributed by atoms with Crippen LogP contribution in [0.25, 0.3) is 11.5 Å². The fourth-order valence-electron chi connectivity index (χ4n) is 2.16. The quantitative estimate of drug-likeness (QED) is 0.630. The molecule has 0 saturated heterocycles. The van der Waals surface area contributed by atoms with Crippen molar-refractivity contribution in [1.82, 2.24) is 15.1 Å². The van der Waals surface area contributed by atoms with Crippen LogP contribution in [-0.2, 0) is 4.79 Å². The topological polar surface area (TPSA) is 92.9 Å². The van der Waals surface area contributed by atoms with Crippen molar-refractivity contribution in [2.24, 2.45) is 0 Å². The molecule has 0 radical (unpaired) electrons. The van der Waals surface area contributed by atoms with Crippen molar-refractivity contribution in [3.8, 4) is 11.5 Å². The van der Waals surface area contributed by atoms with Crippen molar-refractivity contribution in [1.29, 1.82) is 0 Å². The zero-order valence-electron chi connectivity index (χ0n) is 14.4. The Hall–Kier alpha value is -2.74. The normalized spacial score (nSPS) is 10.8. The van der Waals surface area contributed by atoms with Gasteiger partial charge in [0.1, 0.15) is 5.82 Å². The minimum atomic E-state index is -0.167. The third-order valence-corrected chi connectivity index (χ3v) is 4.05. The molecule has 0 spiro atoms. The number of carbonyl (C=O) groups excluding carboxylic acids is 1. The molecule has 0 aliphatic carbocycles. The third-order valence-electron chi connectivity index (χ3n) is 3.52. The molecule has 0 fully saturated rings. The standard InChI is InChI=1S/C18H18BrN5O2/c1-11(2)17-23-18(26-24-17)12-7-8-20-15(9-12)21-10-16(25)22-14-5-3-13(19)4-6-14/h3-9,11H,10H2,1-2H3,(H,20,21)(H,22,25). The van der Waals surface area contributed by atoms with Crippen molar-refractivity contribution < 1.29 is 9.32 Å². The molecule has 0 bridgehead atoms. The summed E-state index contributed by atoms with van der Waals surface area (Å²) in [7, 11) is 0. The molecule has 7 nitrogen and oxygen atoms in total. The number of halogens is 1. The molecule has 2 N–H and O–H groups in total. The predicted octanol–water partition coefficient (Wildman–Crippen LogP) is 4.07. The second kappa shape index (κ2) is 8.09. The third kappa shape index (κ3) is 4.66. The van der Waals surface area contributed by atoms with Crippen LogP contribution in [0.1, 0.15) is 25.6 Å². The maximum Gasteiger partial charge on any atom is 0.258 e. The molecule has 0 aliphatic heterocycles. The second-order valence-electron chi connectivity index (χ2n) is 5.95. The summed E-state index contributed by atoms with van der Waals surface area (Å²) in [5.41, 5.74) is 1.48. The maximum atomic E-state index is 12.0. The van der Waals surface area contributed by atoms with E-state index in [1.54, 1.807) is 18.3 Å². The van der Waals surface area contributed by atoms with Gasteiger partial charge in [-0.15, -0.1) is 0 Å². The zero-order chi connectivity index (χ0) is 18.5. The predicted molar refractivity (Wildman–Crippen MR) is 103 cm³/mol. The lowest BCUT2D eigenvalue weighted by Crippen LogP contribution is -2.22. The Morgan fingerprint density at radius 2 is 2.00 bits per heavy atom. The molecular formula is C18H18BrN5O2. The number of anilines is 2. The van der Waals surface area contributed by atoms with Crippen LogP contribution < -0.4 is 10.6 Å². The monoisotopic (exact) mass is 415 g/mol. The van der Waals surface area contributed by atoms with Gasteiger partial charge in [0.05, 0.1) is 6.54 Å². The molecule has 1 amide bonds. The van der Waals surface area contributed by atoms with E-state index in [-0.39, 0.29) is 18.4 Å². The molecule has 0 saturated carbocycles. The molecule has 3 rings (SSSR count). The molecule has 3 aromatic rings. The molecule has 0 unspecified atom stereocenters. The number of amides is 1. The van der Waals surface area contributed by atoms with Crippen LogP contribution in [0, 0.1) is 0 Å². The molecule has 2 heterocycles. The number of hydrogen-bond donors (Lipinski definition) is 2. The number of pyridine rings is 1. The number of benzene rings is 1. The molecule has 2 aromatic heterocycles. The van der Waals surface area contributed by atoms with Gasteiger partial charge in [0.2, 0.25) is 5.91 Å². The summed E-state index contributed by atoms with van der Waals surface area (Å²) in [5, 5.41) is 9.76. The van der Waals surface area contributed by atoms with Crippen molar-refractivity contribution in [2.75, 3.05) is 17.2 Å². The van der Waals surface area contributed by atoms with Crippen LogP contribution in [0.4, 0.5) is 11.5 Å². The van der Waals surface area contributed by atoms with Crippen LogP contribution in [-0.4, -0.2) is 27.6 Å². The number of carbonyl (C=O) groups is 1. The molecule has 26 heavy (non-hydrogen) atoms. The van der Waals surface area contributed by atoms with Gasteiger partial charge in [0.25, 0.3) is 5.89 Å². The smallest absolute Gasteiger partial charge is 0.258 e. The highest BCUT2D eigenvalue weighted by molar-refractivity contribution is 9.10. The summed E-state index contributed by atoms with van der Waals surface area (Å²) in [4.78, 5) is 20.6. The number of nitrogens with zero attached hydrogens (tertiary/aromatic N) is 3. The van der Waals surface area contributed by atoms with Crippen molar-refractivity contribution >= 4 is 33.3 Å². The first kappa shape index (κ1) is 18.1. The molecular weight excluding hydrogens is 398 g/mol. The van der Waals surface area contributed by atoms with Gasteiger partial charge in [0, 0.05) is 27.8 Å². The second-order valence-corrected chi connectivity index (χ2v) is 6.87. The van der Waals surface area contributed by atoms with E-state index < -0.39 is 0 Å². The van der Waals surface area contributed by atoms with Gasteiger partial charge in [-0.1, -0.05) is 34.9 Å². The average molecular weight is 416 g/mol. The molecule has 1 aromatic carbocycles. The molecule has 134 valence electrons. The van der Waals surface area contributed by atoms with E-state index in [0.717, 1.165) is 15.7 Å². The summed E-state index contributed by atoms with van der Waals surface area (Å²) in [6.07, 6.45) is 1.63. The van der Waals surface area contributed by atoms with Crippen molar-refractivity contribution in [3.63, 3.8) is 0 Å². The Kier molecular flexibility index (Phi) is 5.62. The van der Waals surface area contributed by atoms with E-state index in [1.165, 1.54) is 0 Å². The van der Waals surface area contributed by atoms with Crippen LogP contribution >= 0.6 is 15.9 Å². The van der Waals surface area contributed by atoms with E-state index in [1.807, 2.05) is 38.1 Å². The Balaban J connectivity index is 1.61. The fourth-order valence-corrected chi connectivity index (χ4v) is 2.42.